The number of nitrogens with zero attached hydrogens (tertiary/aromatic N) is 1. The van der Waals surface area contributed by atoms with E-state index in [1.165, 1.54) is 0 Å². The van der Waals surface area contributed by atoms with Gasteiger partial charge in [0.2, 0.25) is 0 Å². The summed E-state index contributed by atoms with van der Waals surface area (Å²) in [4.78, 5) is 13.9. The smallest absolute Gasteiger partial charge is 0.256 e. The molecule has 0 aromatic heterocycles. The van der Waals surface area contributed by atoms with E-state index in [1.807, 2.05) is 25.1 Å². The van der Waals surface area contributed by atoms with Gasteiger partial charge in [-0.2, -0.15) is 0 Å². The Morgan fingerprint density at radius 2 is 2.33 bits per heavy atom. The van der Waals surface area contributed by atoms with Crippen LogP contribution in [0, 0.1) is 6.92 Å². The average Bonchev–Trinajstić information content (AvgIpc) is 2.36. The number of hydrogen-bond acceptors (Lipinski definition) is 3. The zero-order chi connectivity index (χ0) is 13.1. The fourth-order valence-corrected chi connectivity index (χ4v) is 2.34. The van der Waals surface area contributed by atoms with Gasteiger partial charge in [0.1, 0.15) is 6.10 Å². The Kier molecular flexibility index (Phi) is 4.37. The number of halogens is 1. The highest BCUT2D eigenvalue weighted by Crippen LogP contribution is 2.26. The Balaban J connectivity index is 2.21. The molecule has 1 aliphatic rings. The van der Waals surface area contributed by atoms with Crippen molar-refractivity contribution in [1.82, 2.24) is 0 Å². The number of carbonyl (C=O) groups excluding carboxylic acids is 1. The minimum atomic E-state index is -0.524. The first kappa shape index (κ1) is 13.5. The maximum Gasteiger partial charge on any atom is 0.256 e. The van der Waals surface area contributed by atoms with Gasteiger partial charge in [0, 0.05) is 29.7 Å². The molecule has 1 aromatic carbocycles. The quantitative estimate of drug-likeness (QED) is 0.927. The number of carbonyl (C=O) groups is 1. The maximum atomic E-state index is 12.2. The number of ether oxygens (including phenoxy) is 1. The molecular weight excluding hydrogens is 298 g/mol. The number of aliphatic hydroxyl groups is 1. The zero-order valence-corrected chi connectivity index (χ0v) is 11.8. The molecule has 98 valence electrons. The van der Waals surface area contributed by atoms with Gasteiger partial charge in [-0.1, -0.05) is 22.0 Å². The molecule has 5 heteroatoms. The van der Waals surface area contributed by atoms with Crippen molar-refractivity contribution in [2.24, 2.45) is 0 Å². The number of anilines is 1. The number of rotatable bonds is 3. The molecule has 0 bridgehead atoms. The van der Waals surface area contributed by atoms with Gasteiger partial charge in [0.15, 0.2) is 0 Å². The maximum absolute atomic E-state index is 12.2. The number of morpholine rings is 1. The standard InChI is InChI=1S/C13H16BrNO3/c1-9-2-3-10(8-11(9)14)15-5-7-18-12(4-6-16)13(15)17/h2-3,8,12,16H,4-7H2,1H3. The van der Waals surface area contributed by atoms with Crippen LogP contribution in [0.15, 0.2) is 22.7 Å². The highest BCUT2D eigenvalue weighted by molar-refractivity contribution is 9.10. The second kappa shape index (κ2) is 5.82. The fourth-order valence-electron chi connectivity index (χ4n) is 1.97. The molecule has 4 nitrogen and oxygen atoms in total. The summed E-state index contributed by atoms with van der Waals surface area (Å²) in [6, 6.07) is 5.84. The summed E-state index contributed by atoms with van der Waals surface area (Å²) in [7, 11) is 0. The highest BCUT2D eigenvalue weighted by Gasteiger charge is 2.30. The predicted molar refractivity (Wildman–Crippen MR) is 72.7 cm³/mol. The molecule has 1 saturated heterocycles. The van der Waals surface area contributed by atoms with E-state index < -0.39 is 6.10 Å². The third-order valence-electron chi connectivity index (χ3n) is 3.03. The van der Waals surface area contributed by atoms with Crippen molar-refractivity contribution in [2.45, 2.75) is 19.4 Å². The van der Waals surface area contributed by atoms with Crippen LogP contribution in [0.4, 0.5) is 5.69 Å². The van der Waals surface area contributed by atoms with Gasteiger partial charge in [-0.3, -0.25) is 4.79 Å². The van der Waals surface area contributed by atoms with Crippen LogP contribution in [-0.2, 0) is 9.53 Å². The Morgan fingerprint density at radius 3 is 3.00 bits per heavy atom. The molecule has 1 aromatic rings. The normalized spacial score (nSPS) is 20.3. The first-order valence-electron chi connectivity index (χ1n) is 5.93. The van der Waals surface area contributed by atoms with Gasteiger partial charge in [-0.25, -0.2) is 0 Å². The summed E-state index contributed by atoms with van der Waals surface area (Å²) in [5.41, 5.74) is 2.00. The van der Waals surface area contributed by atoms with E-state index in [-0.39, 0.29) is 12.5 Å². The van der Waals surface area contributed by atoms with Crippen LogP contribution < -0.4 is 4.90 Å². The third kappa shape index (κ3) is 2.74. The van der Waals surface area contributed by atoms with Crippen LogP contribution in [0.5, 0.6) is 0 Å². The van der Waals surface area contributed by atoms with Crippen molar-refractivity contribution in [3.8, 4) is 0 Å². The number of amides is 1. The van der Waals surface area contributed by atoms with Gasteiger partial charge in [-0.15, -0.1) is 0 Å². The summed E-state index contributed by atoms with van der Waals surface area (Å²) >= 11 is 3.47. The van der Waals surface area contributed by atoms with Gasteiger partial charge >= 0.3 is 0 Å². The van der Waals surface area contributed by atoms with Crippen LogP contribution in [0.3, 0.4) is 0 Å². The number of hydrogen-bond donors (Lipinski definition) is 1. The SMILES string of the molecule is Cc1ccc(N2CCOC(CCO)C2=O)cc1Br. The molecule has 0 spiro atoms. The molecule has 18 heavy (non-hydrogen) atoms. The summed E-state index contributed by atoms with van der Waals surface area (Å²) < 4.78 is 6.36. The van der Waals surface area contributed by atoms with Crippen molar-refractivity contribution in [2.75, 3.05) is 24.7 Å². The third-order valence-corrected chi connectivity index (χ3v) is 3.89. The summed E-state index contributed by atoms with van der Waals surface area (Å²) in [5, 5.41) is 8.92. The average molecular weight is 314 g/mol. The lowest BCUT2D eigenvalue weighted by Crippen LogP contribution is -2.48. The molecule has 2 rings (SSSR count). The molecule has 0 saturated carbocycles. The fraction of sp³-hybridized carbons (Fsp3) is 0.462. The van der Waals surface area contributed by atoms with Gasteiger partial charge < -0.3 is 14.7 Å². The summed E-state index contributed by atoms with van der Waals surface area (Å²) in [6.45, 7) is 3.02. The van der Waals surface area contributed by atoms with Crippen LogP contribution >= 0.6 is 15.9 Å². The molecule has 1 aliphatic heterocycles. The van der Waals surface area contributed by atoms with Crippen molar-refractivity contribution in [1.29, 1.82) is 0 Å². The minimum absolute atomic E-state index is 0.0398. The Labute approximate surface area is 115 Å². The lowest BCUT2D eigenvalue weighted by atomic mass is 10.1. The molecule has 1 N–H and O–H groups in total. The molecular formula is C13H16BrNO3. The lowest BCUT2D eigenvalue weighted by molar-refractivity contribution is -0.134. The van der Waals surface area contributed by atoms with Crippen LogP contribution in [0.25, 0.3) is 0 Å². The van der Waals surface area contributed by atoms with Crippen molar-refractivity contribution >= 4 is 27.5 Å². The van der Waals surface area contributed by atoms with Gasteiger partial charge in [0.25, 0.3) is 5.91 Å². The molecule has 0 aliphatic carbocycles. The number of benzene rings is 1. The van der Waals surface area contributed by atoms with Crippen molar-refractivity contribution < 1.29 is 14.6 Å². The van der Waals surface area contributed by atoms with Crippen LogP contribution in [0.1, 0.15) is 12.0 Å². The van der Waals surface area contributed by atoms with Gasteiger partial charge in [0.05, 0.1) is 6.61 Å². The highest BCUT2D eigenvalue weighted by atomic mass is 79.9. The topological polar surface area (TPSA) is 49.8 Å². The molecule has 1 atom stereocenters. The van der Waals surface area contributed by atoms with Gasteiger partial charge in [-0.05, 0) is 24.6 Å². The number of aryl methyl sites for hydroxylation is 1. The predicted octanol–water partition coefficient (Wildman–Crippen LogP) is 1.87. The second-order valence-electron chi connectivity index (χ2n) is 4.30. The molecule has 1 amide bonds. The Morgan fingerprint density at radius 1 is 1.56 bits per heavy atom. The first-order valence-corrected chi connectivity index (χ1v) is 6.73. The zero-order valence-electron chi connectivity index (χ0n) is 10.2. The lowest BCUT2D eigenvalue weighted by Gasteiger charge is -2.32. The van der Waals surface area contributed by atoms with E-state index in [2.05, 4.69) is 15.9 Å². The van der Waals surface area contributed by atoms with Crippen LogP contribution in [0.2, 0.25) is 0 Å². The monoisotopic (exact) mass is 313 g/mol. The van der Waals surface area contributed by atoms with Crippen molar-refractivity contribution in [3.63, 3.8) is 0 Å². The molecule has 1 fully saturated rings. The second-order valence-corrected chi connectivity index (χ2v) is 5.15. The summed E-state index contributed by atoms with van der Waals surface area (Å²) in [5.74, 6) is -0.0777. The van der Waals surface area contributed by atoms with E-state index in [9.17, 15) is 4.79 Å². The summed E-state index contributed by atoms with van der Waals surface area (Å²) in [6.07, 6.45) is -0.175. The van der Waals surface area contributed by atoms with E-state index in [4.69, 9.17) is 9.84 Å². The minimum Gasteiger partial charge on any atom is -0.396 e. The molecule has 0 radical (unpaired) electrons. The molecule has 1 heterocycles. The van der Waals surface area contributed by atoms with E-state index in [1.54, 1.807) is 4.90 Å². The van der Waals surface area contributed by atoms with Crippen LogP contribution in [-0.4, -0.2) is 36.9 Å². The van der Waals surface area contributed by atoms with E-state index in [0.717, 1.165) is 15.7 Å². The largest absolute Gasteiger partial charge is 0.396 e. The van der Waals surface area contributed by atoms with Crippen molar-refractivity contribution in [3.05, 3.63) is 28.2 Å². The Hall–Kier alpha value is -0.910. The van der Waals surface area contributed by atoms with E-state index in [0.29, 0.717) is 19.6 Å². The molecule has 1 unspecified atom stereocenters. The Bertz CT molecular complexity index is 448. The number of aliphatic hydroxyl groups excluding tert-OH is 1. The first-order chi connectivity index (χ1) is 8.63. The van der Waals surface area contributed by atoms with E-state index >= 15 is 0 Å².